The van der Waals surface area contributed by atoms with E-state index in [-0.39, 0.29) is 10.3 Å². The summed E-state index contributed by atoms with van der Waals surface area (Å²) in [6.45, 7) is 0.985. The summed E-state index contributed by atoms with van der Waals surface area (Å²) in [5, 5.41) is 12.8. The van der Waals surface area contributed by atoms with Gasteiger partial charge in [0.05, 0.1) is 12.0 Å². The molecule has 0 radical (unpaired) electrons. The summed E-state index contributed by atoms with van der Waals surface area (Å²) in [6, 6.07) is 6.02. The zero-order valence-corrected chi connectivity index (χ0v) is 13.3. The molecule has 1 saturated carbocycles. The number of carboxylic acid groups (broad SMARTS) is 1. The fourth-order valence-corrected chi connectivity index (χ4v) is 3.80. The van der Waals surface area contributed by atoms with E-state index in [0.717, 1.165) is 5.71 Å². The molecule has 1 saturated heterocycles. The first-order chi connectivity index (χ1) is 10.8. The SMILES string of the molecule is COc1ccc(S(=O)(=O)NN=C2CC3(C2)CN(C(=O)O)C3)cc1. The molecule has 1 aliphatic carbocycles. The van der Waals surface area contributed by atoms with Gasteiger partial charge >= 0.3 is 6.09 Å². The number of nitrogens with one attached hydrogen (secondary N) is 1. The van der Waals surface area contributed by atoms with Crippen molar-refractivity contribution in [2.45, 2.75) is 17.7 Å². The van der Waals surface area contributed by atoms with Crippen LogP contribution in [0, 0.1) is 5.41 Å². The Hall–Kier alpha value is -2.29. The zero-order valence-electron chi connectivity index (χ0n) is 12.5. The van der Waals surface area contributed by atoms with Gasteiger partial charge in [-0.2, -0.15) is 13.5 Å². The van der Waals surface area contributed by atoms with Crippen molar-refractivity contribution in [2.24, 2.45) is 10.5 Å². The van der Waals surface area contributed by atoms with Crippen molar-refractivity contribution in [1.82, 2.24) is 9.73 Å². The van der Waals surface area contributed by atoms with Crippen molar-refractivity contribution in [3.05, 3.63) is 24.3 Å². The second-order valence-electron chi connectivity index (χ2n) is 5.94. The van der Waals surface area contributed by atoms with Crippen LogP contribution in [0.4, 0.5) is 4.79 Å². The average molecular weight is 339 g/mol. The van der Waals surface area contributed by atoms with E-state index in [4.69, 9.17) is 9.84 Å². The van der Waals surface area contributed by atoms with Crippen LogP contribution in [0.5, 0.6) is 5.75 Å². The van der Waals surface area contributed by atoms with Gasteiger partial charge in [-0.05, 0) is 37.1 Å². The fraction of sp³-hybridized carbons (Fsp3) is 0.429. The molecule has 3 rings (SSSR count). The van der Waals surface area contributed by atoms with Crippen molar-refractivity contribution in [3.8, 4) is 5.75 Å². The Morgan fingerprint density at radius 2 is 1.91 bits per heavy atom. The Balaban J connectivity index is 1.57. The summed E-state index contributed by atoms with van der Waals surface area (Å²) in [5.74, 6) is 0.573. The van der Waals surface area contributed by atoms with Crippen LogP contribution in [0.15, 0.2) is 34.3 Å². The van der Waals surface area contributed by atoms with Gasteiger partial charge in [-0.3, -0.25) is 0 Å². The second-order valence-corrected chi connectivity index (χ2v) is 7.60. The molecule has 2 N–H and O–H groups in total. The number of hydrazone groups is 1. The molecule has 1 aliphatic heterocycles. The van der Waals surface area contributed by atoms with E-state index in [2.05, 4.69) is 9.93 Å². The normalized spacial score (nSPS) is 18.8. The summed E-state index contributed by atoms with van der Waals surface area (Å²) in [6.07, 6.45) is 0.338. The summed E-state index contributed by atoms with van der Waals surface area (Å²) in [5.41, 5.74) is 0.704. The Morgan fingerprint density at radius 3 is 2.43 bits per heavy atom. The van der Waals surface area contributed by atoms with E-state index >= 15 is 0 Å². The Morgan fingerprint density at radius 1 is 1.30 bits per heavy atom. The van der Waals surface area contributed by atoms with Gasteiger partial charge in [-0.25, -0.2) is 9.63 Å². The monoisotopic (exact) mass is 339 g/mol. The Labute approximate surface area is 133 Å². The first-order valence-electron chi connectivity index (χ1n) is 7.03. The zero-order chi connectivity index (χ0) is 16.7. The Bertz CT molecular complexity index is 741. The highest BCUT2D eigenvalue weighted by Crippen LogP contribution is 2.46. The molecule has 0 aromatic heterocycles. The van der Waals surface area contributed by atoms with E-state index < -0.39 is 16.1 Å². The molecular weight excluding hydrogens is 322 g/mol. The molecule has 1 spiro atoms. The lowest BCUT2D eigenvalue weighted by Crippen LogP contribution is -2.63. The molecule has 8 nitrogen and oxygen atoms in total. The highest BCUT2D eigenvalue weighted by Gasteiger charge is 2.52. The van der Waals surface area contributed by atoms with Gasteiger partial charge in [0.1, 0.15) is 5.75 Å². The number of hydrogen-bond donors (Lipinski definition) is 2. The van der Waals surface area contributed by atoms with Crippen LogP contribution in [0.1, 0.15) is 12.8 Å². The first kappa shape index (κ1) is 15.6. The number of sulfonamides is 1. The fourth-order valence-electron chi connectivity index (χ4n) is 2.95. The number of benzene rings is 1. The van der Waals surface area contributed by atoms with Gasteiger partial charge in [-0.15, -0.1) is 0 Å². The molecule has 1 aromatic carbocycles. The maximum atomic E-state index is 12.1. The molecule has 124 valence electrons. The van der Waals surface area contributed by atoms with Crippen LogP contribution in [-0.2, 0) is 10.0 Å². The van der Waals surface area contributed by atoms with Crippen LogP contribution in [0.25, 0.3) is 0 Å². The van der Waals surface area contributed by atoms with Gasteiger partial charge in [0, 0.05) is 24.2 Å². The van der Waals surface area contributed by atoms with Gasteiger partial charge in [0.2, 0.25) is 0 Å². The standard InChI is InChI=1S/C14H17N3O5S/c1-22-11-2-4-12(5-3-11)23(20,21)16-15-10-6-14(7-10)8-17(9-14)13(18)19/h2-5,16H,6-9H2,1H3,(H,18,19). The minimum Gasteiger partial charge on any atom is -0.497 e. The number of carbonyl (C=O) groups is 1. The van der Waals surface area contributed by atoms with Gasteiger partial charge in [-0.1, -0.05) is 0 Å². The van der Waals surface area contributed by atoms with Gasteiger partial charge < -0.3 is 14.7 Å². The quantitative estimate of drug-likeness (QED) is 0.799. The number of rotatable bonds is 4. The van der Waals surface area contributed by atoms with Crippen molar-refractivity contribution in [1.29, 1.82) is 0 Å². The average Bonchev–Trinajstić information content (AvgIpc) is 2.43. The number of amides is 1. The molecule has 0 atom stereocenters. The van der Waals surface area contributed by atoms with Crippen LogP contribution in [-0.4, -0.2) is 50.4 Å². The van der Waals surface area contributed by atoms with Crippen molar-refractivity contribution in [2.75, 3.05) is 20.2 Å². The lowest BCUT2D eigenvalue weighted by Gasteiger charge is -2.54. The highest BCUT2D eigenvalue weighted by molar-refractivity contribution is 7.89. The highest BCUT2D eigenvalue weighted by atomic mass is 32.2. The van der Waals surface area contributed by atoms with Crippen molar-refractivity contribution >= 4 is 21.8 Å². The largest absolute Gasteiger partial charge is 0.497 e. The summed E-state index contributed by atoms with van der Waals surface area (Å²) in [4.78, 5) is 14.4. The minimum absolute atomic E-state index is 0.0389. The number of nitrogens with zero attached hydrogens (tertiary/aromatic N) is 2. The van der Waals surface area contributed by atoms with E-state index in [0.29, 0.717) is 31.7 Å². The van der Waals surface area contributed by atoms with Crippen LogP contribution < -0.4 is 9.57 Å². The molecule has 23 heavy (non-hydrogen) atoms. The number of hydrogen-bond acceptors (Lipinski definition) is 5. The molecule has 0 bridgehead atoms. The van der Waals surface area contributed by atoms with Gasteiger partial charge in [0.25, 0.3) is 10.0 Å². The molecular formula is C14H17N3O5S. The summed E-state index contributed by atoms with van der Waals surface area (Å²) in [7, 11) is -2.20. The predicted octanol–water partition coefficient (Wildman–Crippen LogP) is 1.10. The summed E-state index contributed by atoms with van der Waals surface area (Å²) < 4.78 is 29.2. The van der Waals surface area contributed by atoms with Crippen LogP contribution in [0.3, 0.4) is 0 Å². The van der Waals surface area contributed by atoms with Crippen LogP contribution >= 0.6 is 0 Å². The molecule has 1 amide bonds. The third-order valence-electron chi connectivity index (χ3n) is 4.17. The Kier molecular flexibility index (Phi) is 3.67. The molecule has 2 fully saturated rings. The van der Waals surface area contributed by atoms with E-state index in [1.807, 2.05) is 0 Å². The van der Waals surface area contributed by atoms with Crippen molar-refractivity contribution < 1.29 is 23.1 Å². The molecule has 1 heterocycles. The number of ether oxygens (including phenoxy) is 1. The third kappa shape index (κ3) is 2.96. The second kappa shape index (κ2) is 5.41. The molecule has 0 unspecified atom stereocenters. The molecule has 2 aliphatic rings. The number of likely N-dealkylation sites (tertiary alicyclic amines) is 1. The van der Waals surface area contributed by atoms with Gasteiger partial charge in [0.15, 0.2) is 0 Å². The lowest BCUT2D eigenvalue weighted by atomic mass is 9.62. The molecule has 1 aromatic rings. The molecule has 9 heteroatoms. The smallest absolute Gasteiger partial charge is 0.407 e. The summed E-state index contributed by atoms with van der Waals surface area (Å²) >= 11 is 0. The van der Waals surface area contributed by atoms with E-state index in [1.165, 1.54) is 24.1 Å². The number of methoxy groups -OCH3 is 1. The maximum absolute atomic E-state index is 12.1. The van der Waals surface area contributed by atoms with E-state index in [9.17, 15) is 13.2 Å². The topological polar surface area (TPSA) is 108 Å². The lowest BCUT2D eigenvalue weighted by molar-refractivity contribution is 0.00266. The van der Waals surface area contributed by atoms with Crippen LogP contribution in [0.2, 0.25) is 0 Å². The maximum Gasteiger partial charge on any atom is 0.407 e. The third-order valence-corrected chi connectivity index (χ3v) is 5.40. The minimum atomic E-state index is -3.70. The first-order valence-corrected chi connectivity index (χ1v) is 8.51. The van der Waals surface area contributed by atoms with E-state index in [1.54, 1.807) is 12.1 Å². The predicted molar refractivity (Wildman–Crippen MR) is 82.0 cm³/mol. The van der Waals surface area contributed by atoms with Crippen molar-refractivity contribution in [3.63, 3.8) is 0 Å².